The van der Waals surface area contributed by atoms with Gasteiger partial charge in [-0.15, -0.1) is 0 Å². The third kappa shape index (κ3) is 15.4. The molecule has 9 rings (SSSR count). The van der Waals surface area contributed by atoms with Gasteiger partial charge in [0.05, 0.1) is 44.6 Å². The number of carbonyl (C=O) groups is 9. The van der Waals surface area contributed by atoms with Gasteiger partial charge in [-0.05, 0) is 104 Å². The Morgan fingerprint density at radius 2 is 1.57 bits per heavy atom. The summed E-state index contributed by atoms with van der Waals surface area (Å²) in [7, 11) is 6.70. The molecule has 17 atom stereocenters. The highest BCUT2D eigenvalue weighted by Gasteiger charge is 2.79. The Balaban J connectivity index is 0.898. The lowest BCUT2D eigenvalue weighted by Crippen LogP contribution is -2.81. The monoisotopic (exact) mass is 1450 g/mol. The van der Waals surface area contributed by atoms with Crippen LogP contribution in [0.3, 0.4) is 0 Å². The summed E-state index contributed by atoms with van der Waals surface area (Å²) >= 11 is 0. The third-order valence-electron chi connectivity index (χ3n) is 22.1. The molecule has 101 heavy (non-hydrogen) atoms. The lowest BCUT2D eigenvalue weighted by molar-refractivity contribution is -0.203. The molecule has 2 aromatic rings. The molecule has 29 nitrogen and oxygen atoms in total. The largest absolute Gasteiger partial charge is 0.496 e. The number of rotatable bonds is 33. The first-order valence-electron chi connectivity index (χ1n) is 34.4. The van der Waals surface area contributed by atoms with Gasteiger partial charge in [0.25, 0.3) is 5.91 Å². The number of aliphatic hydroxyl groups is 8. The third-order valence-corrected chi connectivity index (χ3v) is 24.5. The van der Waals surface area contributed by atoms with E-state index in [1.54, 1.807) is 14.2 Å². The molecule has 31 heteroatoms. The number of carboxylic acid groups (broad SMARTS) is 2. The maximum atomic E-state index is 15.6. The molecule has 2 aromatic carbocycles. The molecule has 1 saturated carbocycles. The lowest BCUT2D eigenvalue weighted by atomic mass is 9.47. The number of carboxylic acids is 2. The molecule has 2 aliphatic carbocycles. The molecule has 1 spiro atoms. The first-order chi connectivity index (χ1) is 47.9. The molecule has 3 unspecified atom stereocenters. The minimum Gasteiger partial charge on any atom is -0.496 e. The average molecular weight is 1450 g/mol. The van der Waals surface area contributed by atoms with Crippen LogP contribution in [0.1, 0.15) is 114 Å². The first kappa shape index (κ1) is 78.4. The van der Waals surface area contributed by atoms with Crippen LogP contribution in [0.25, 0.3) is 5.57 Å². The number of ether oxygens (including phenoxy) is 3. The van der Waals surface area contributed by atoms with Crippen molar-refractivity contribution in [2.45, 2.75) is 175 Å². The van der Waals surface area contributed by atoms with Crippen LogP contribution in [0.15, 0.2) is 54.1 Å². The van der Waals surface area contributed by atoms with E-state index in [9.17, 15) is 79.5 Å². The average Bonchev–Trinajstić information content (AvgIpc) is 1.55. The van der Waals surface area contributed by atoms with Crippen LogP contribution in [0, 0.1) is 17.3 Å². The Bertz CT molecular complexity index is 3530. The van der Waals surface area contributed by atoms with Crippen LogP contribution in [-0.2, 0) is 69.9 Å². The van der Waals surface area contributed by atoms with Crippen LogP contribution in [-0.4, -0.2) is 272 Å². The van der Waals surface area contributed by atoms with Crippen molar-refractivity contribution in [1.29, 1.82) is 0 Å². The summed E-state index contributed by atoms with van der Waals surface area (Å²) in [6.45, 7) is 5.17. The second kappa shape index (κ2) is 32.5. The molecule has 0 radical (unpaired) electrons. The van der Waals surface area contributed by atoms with Gasteiger partial charge in [-0.3, -0.25) is 48.2 Å². The number of nitrogens with zero attached hydrogens (tertiary/aromatic N) is 3. The van der Waals surface area contributed by atoms with Crippen molar-refractivity contribution < 1.29 is 108 Å². The molecule has 7 aliphatic rings. The molecular weight excluding hydrogens is 1350 g/mol. The number of hydrogen-bond donors (Lipinski definition) is 14. The van der Waals surface area contributed by atoms with E-state index in [0.717, 1.165) is 56.3 Å². The van der Waals surface area contributed by atoms with Gasteiger partial charge in [0, 0.05) is 118 Å². The normalized spacial score (nSPS) is 29.0. The number of esters is 2. The van der Waals surface area contributed by atoms with Crippen molar-refractivity contribution >= 4 is 86.1 Å². The minimum atomic E-state index is -2.62. The Labute approximate surface area is 593 Å². The number of anilines is 1. The molecule has 5 aliphatic heterocycles. The van der Waals surface area contributed by atoms with E-state index in [0.29, 0.717) is 81.8 Å². The molecule has 14 N–H and O–H groups in total. The lowest BCUT2D eigenvalue weighted by Gasteiger charge is -2.63. The maximum Gasteiger partial charge on any atom is 0.327 e. The number of aliphatic hydroxyl groups excluding tert-OH is 6. The molecule has 556 valence electrons. The van der Waals surface area contributed by atoms with Gasteiger partial charge in [0.2, 0.25) is 17.7 Å². The fraction of sp³-hybridized carbons (Fsp3) is 0.643. The van der Waals surface area contributed by atoms with Gasteiger partial charge >= 0.3 is 23.9 Å². The van der Waals surface area contributed by atoms with E-state index in [4.69, 9.17) is 19.3 Å². The number of carbonyl (C=O) groups excluding carboxylic acids is 7. The van der Waals surface area contributed by atoms with Crippen LogP contribution < -0.4 is 30.9 Å². The molecule has 2 bridgehead atoms. The molecule has 5 heterocycles. The van der Waals surface area contributed by atoms with E-state index in [2.05, 4.69) is 43.2 Å². The maximum absolute atomic E-state index is 15.6. The van der Waals surface area contributed by atoms with Crippen molar-refractivity contribution in [2.24, 2.45) is 17.3 Å². The van der Waals surface area contributed by atoms with Crippen molar-refractivity contribution in [3.8, 4) is 5.75 Å². The predicted molar refractivity (Wildman–Crippen MR) is 369 cm³/mol. The summed E-state index contributed by atoms with van der Waals surface area (Å²) in [6, 6.07) is 7.44. The summed E-state index contributed by atoms with van der Waals surface area (Å²) in [5, 5.41) is 117. The van der Waals surface area contributed by atoms with Crippen LogP contribution >= 0.6 is 21.6 Å². The smallest absolute Gasteiger partial charge is 0.327 e. The minimum absolute atomic E-state index is 0.0539. The summed E-state index contributed by atoms with van der Waals surface area (Å²) in [6.07, 6.45) is -5.11. The number of piperidine rings is 1. The second-order valence-corrected chi connectivity index (χ2v) is 30.6. The fourth-order valence-electron chi connectivity index (χ4n) is 17.4. The molecule has 2 saturated heterocycles. The van der Waals surface area contributed by atoms with E-state index >= 15 is 9.59 Å². The van der Waals surface area contributed by atoms with Crippen LogP contribution in [0.2, 0.25) is 0 Å². The quantitative estimate of drug-likeness (QED) is 0.0185. The van der Waals surface area contributed by atoms with E-state index < -0.39 is 187 Å². The molecule has 3 fully saturated rings. The van der Waals surface area contributed by atoms with Gasteiger partial charge < -0.3 is 91.4 Å². The predicted octanol–water partition coefficient (Wildman–Crippen LogP) is -0.538. The number of aliphatic carboxylic acids is 2. The molecule has 4 amide bonds. The topological polar surface area (TPSA) is 441 Å². The zero-order valence-corrected chi connectivity index (χ0v) is 59.4. The van der Waals surface area contributed by atoms with Crippen LogP contribution in [0.5, 0.6) is 5.75 Å². The highest BCUT2D eigenvalue weighted by molar-refractivity contribution is 8.76. The van der Waals surface area contributed by atoms with Crippen molar-refractivity contribution in [3.63, 3.8) is 0 Å². The molecular formula is C70H97N7O22S2. The van der Waals surface area contributed by atoms with Crippen LogP contribution in [0.4, 0.5) is 5.69 Å². The summed E-state index contributed by atoms with van der Waals surface area (Å²) < 4.78 is 17.9. The summed E-state index contributed by atoms with van der Waals surface area (Å²) in [5.74, 6) is -10.1. The van der Waals surface area contributed by atoms with Gasteiger partial charge in [0.1, 0.15) is 54.8 Å². The fourth-order valence-corrected chi connectivity index (χ4v) is 19.4. The zero-order chi connectivity index (χ0) is 73.7. The number of likely N-dealkylation sites (N-methyl/N-ethyl adjacent to an activating group) is 1. The van der Waals surface area contributed by atoms with Crippen molar-refractivity contribution in [3.05, 3.63) is 76.4 Å². The zero-order valence-electron chi connectivity index (χ0n) is 57.8. The number of nitrogens with one attached hydrogen (secondary N) is 4. The van der Waals surface area contributed by atoms with E-state index in [-0.39, 0.29) is 43.3 Å². The summed E-state index contributed by atoms with van der Waals surface area (Å²) in [4.78, 5) is 127. The number of hydrogen-bond acceptors (Lipinski definition) is 25. The molecule has 0 aromatic heterocycles. The number of ketones is 1. The van der Waals surface area contributed by atoms with Gasteiger partial charge in [-0.1, -0.05) is 71.9 Å². The van der Waals surface area contributed by atoms with Crippen molar-refractivity contribution in [1.82, 2.24) is 31.1 Å². The van der Waals surface area contributed by atoms with Gasteiger partial charge in [0.15, 0.2) is 11.4 Å². The second-order valence-electron chi connectivity index (χ2n) is 28.0. The van der Waals surface area contributed by atoms with E-state index in [1.165, 1.54) is 7.11 Å². The van der Waals surface area contributed by atoms with E-state index in [1.807, 2.05) is 55.2 Å². The number of fused-ring (bicyclic) bond motifs is 5. The van der Waals surface area contributed by atoms with Crippen molar-refractivity contribution in [2.75, 3.05) is 96.7 Å². The summed E-state index contributed by atoms with van der Waals surface area (Å²) in [5.41, 5.74) is -1.48. The Morgan fingerprint density at radius 1 is 0.842 bits per heavy atom. The highest BCUT2D eigenvalue weighted by atomic mass is 33.1. The first-order valence-corrected chi connectivity index (χ1v) is 36.9. The Hall–Kier alpha value is -6.75. The Morgan fingerprint density at radius 3 is 2.25 bits per heavy atom. The number of methoxy groups -OCH3 is 2. The van der Waals surface area contributed by atoms with Gasteiger partial charge in [-0.2, -0.15) is 0 Å². The van der Waals surface area contributed by atoms with Gasteiger partial charge in [-0.25, -0.2) is 4.79 Å². The number of Topliss-reactive ketones (excluding diaryl/α,β-unsaturated/α-hetero) is 1. The Kier molecular flexibility index (Phi) is 25.2. The SMILES string of the molecule is CC[C@]1(O)CC2CN(CCC3=C(Cc4ccccc43)[C@@](C(=O)OC)(c3cc4c(cc3OC)N(C)[C@H]3[C@@](O)(C(=O)NCC(=O)OCCSSC[C@H](NC(=O)[C@H](CCC(=O)NC[C@H](O)[C@@H](O)[C@H](O)[C@H](O)CO)CC(=O)C(CCC(=O)O)NC(C)=O)C(=O)O)[C@H](O)[C@]5(CC)C=CCN6CC[C@]43[C@@H]65)C2)C1. The number of amides is 4. The highest BCUT2D eigenvalue weighted by Crippen LogP contribution is 2.68. The number of benzene rings is 2. The standard InChI is InChI=1S/C70H97N7O22S2/c1-7-66(95)30-39-31-69(65(94)98-6,44-26-40-12-9-10-13-42(40)43(44)18-22-76(34-39)37-66)46-28-45-49(29-53(46)97-5)75(4)62-68(45)20-23-77-21-11-19-67(8-2,61(68)77)63(92)70(62,96)64(93)72-33-56(86)99-24-25-100-101-36-48(60(90)91)74-59(89)41(27-50(80)47(73-38(3)79)15-17-55(84)85)14-16-54(83)71-32-51(81)57(87)58(88)52(82)35-78/h9-13,19,28-29,39,41,47-48,51-52,57-58,61-63,78,81-82,87-88,92,95-96H,7-8,14-18,20-27,30-37H2,1-6H3,(H,71,83)(H,72,93)(H,73,79)(H,74,89)(H,84,85)(H,90,91)/t39?,41-,47?,48+,51+,52-,57-,58-,61+,62-,63-,66+,67-,68-,69-,70+/m1/s1.